The van der Waals surface area contributed by atoms with E-state index in [4.69, 9.17) is 0 Å². The second-order valence-electron chi connectivity index (χ2n) is 7.51. The van der Waals surface area contributed by atoms with Crippen molar-refractivity contribution in [2.45, 2.75) is 70.0 Å². The SMILES string of the molecule is CC(CC(C)(NC1CC1)C(=O)O)N1CC2CCCC2C1. The van der Waals surface area contributed by atoms with Crippen LogP contribution in [0, 0.1) is 11.8 Å². The first-order valence-electron chi connectivity index (χ1n) is 8.23. The van der Waals surface area contributed by atoms with E-state index in [9.17, 15) is 9.90 Å². The molecular formula is C16H28N2O2. The van der Waals surface area contributed by atoms with Gasteiger partial charge in [-0.2, -0.15) is 0 Å². The number of nitrogens with one attached hydrogen (secondary N) is 1. The van der Waals surface area contributed by atoms with Crippen LogP contribution in [0.5, 0.6) is 0 Å². The van der Waals surface area contributed by atoms with Crippen LogP contribution in [0.15, 0.2) is 0 Å². The Kier molecular flexibility index (Phi) is 3.80. The highest BCUT2D eigenvalue weighted by Crippen LogP contribution is 2.39. The predicted molar refractivity (Wildman–Crippen MR) is 78.7 cm³/mol. The van der Waals surface area contributed by atoms with Crippen molar-refractivity contribution in [1.82, 2.24) is 10.2 Å². The van der Waals surface area contributed by atoms with Crippen LogP contribution in [-0.4, -0.2) is 46.7 Å². The van der Waals surface area contributed by atoms with Crippen molar-refractivity contribution in [1.29, 1.82) is 0 Å². The standard InChI is InChI=1S/C16H28N2O2/c1-11(18-9-12-4-3-5-13(12)10-18)8-16(2,15(19)20)17-14-6-7-14/h11-14,17H,3-10H2,1-2H3,(H,19,20). The molecule has 2 saturated carbocycles. The van der Waals surface area contributed by atoms with Crippen molar-refractivity contribution >= 4 is 5.97 Å². The molecule has 0 aromatic rings. The third kappa shape index (κ3) is 2.86. The van der Waals surface area contributed by atoms with E-state index in [0.29, 0.717) is 18.5 Å². The van der Waals surface area contributed by atoms with Gasteiger partial charge in [-0.15, -0.1) is 0 Å². The molecular weight excluding hydrogens is 252 g/mol. The van der Waals surface area contributed by atoms with Gasteiger partial charge in [0, 0.05) is 25.2 Å². The van der Waals surface area contributed by atoms with Crippen LogP contribution in [0.3, 0.4) is 0 Å². The zero-order chi connectivity index (χ0) is 14.3. The van der Waals surface area contributed by atoms with Crippen molar-refractivity contribution in [2.24, 2.45) is 11.8 Å². The molecule has 3 rings (SSSR count). The Bertz CT molecular complexity index is 371. The molecule has 0 spiro atoms. The van der Waals surface area contributed by atoms with Crippen molar-refractivity contribution in [3.8, 4) is 0 Å². The number of aliphatic carboxylic acids is 1. The summed E-state index contributed by atoms with van der Waals surface area (Å²) in [7, 11) is 0. The number of hydrogen-bond donors (Lipinski definition) is 2. The molecule has 0 aromatic heterocycles. The average Bonchev–Trinajstić information content (AvgIpc) is 2.90. The maximum Gasteiger partial charge on any atom is 0.323 e. The molecule has 114 valence electrons. The van der Waals surface area contributed by atoms with Gasteiger partial charge in [-0.3, -0.25) is 10.1 Å². The first-order chi connectivity index (χ1) is 9.48. The molecule has 4 heteroatoms. The zero-order valence-electron chi connectivity index (χ0n) is 12.8. The quantitative estimate of drug-likeness (QED) is 0.782. The molecule has 1 heterocycles. The molecule has 4 nitrogen and oxygen atoms in total. The summed E-state index contributed by atoms with van der Waals surface area (Å²) in [5.74, 6) is 1.06. The van der Waals surface area contributed by atoms with Gasteiger partial charge >= 0.3 is 5.97 Å². The van der Waals surface area contributed by atoms with Crippen LogP contribution in [0.1, 0.15) is 52.4 Å². The molecule has 3 aliphatic rings. The first kappa shape index (κ1) is 14.3. The summed E-state index contributed by atoms with van der Waals surface area (Å²) in [6.07, 6.45) is 7.12. The summed E-state index contributed by atoms with van der Waals surface area (Å²) in [6, 6.07) is 0.786. The van der Waals surface area contributed by atoms with Crippen LogP contribution >= 0.6 is 0 Å². The monoisotopic (exact) mass is 280 g/mol. The molecule has 20 heavy (non-hydrogen) atoms. The van der Waals surface area contributed by atoms with Crippen LogP contribution < -0.4 is 5.32 Å². The topological polar surface area (TPSA) is 52.6 Å². The lowest BCUT2D eigenvalue weighted by Gasteiger charge is -2.34. The normalized spacial score (nSPS) is 34.7. The van der Waals surface area contributed by atoms with Crippen LogP contribution in [0.25, 0.3) is 0 Å². The van der Waals surface area contributed by atoms with Gasteiger partial charge in [0.2, 0.25) is 0 Å². The highest BCUT2D eigenvalue weighted by molar-refractivity contribution is 5.78. The maximum absolute atomic E-state index is 11.6. The third-order valence-corrected chi connectivity index (χ3v) is 5.65. The lowest BCUT2D eigenvalue weighted by Crippen LogP contribution is -2.54. The smallest absolute Gasteiger partial charge is 0.323 e. The lowest BCUT2D eigenvalue weighted by atomic mass is 9.92. The molecule has 3 fully saturated rings. The maximum atomic E-state index is 11.6. The largest absolute Gasteiger partial charge is 0.480 e. The fourth-order valence-electron chi connectivity index (χ4n) is 4.24. The van der Waals surface area contributed by atoms with E-state index in [0.717, 1.165) is 24.7 Å². The van der Waals surface area contributed by atoms with Gasteiger partial charge in [0.05, 0.1) is 0 Å². The Balaban J connectivity index is 1.58. The Morgan fingerprint density at radius 1 is 1.30 bits per heavy atom. The summed E-state index contributed by atoms with van der Waals surface area (Å²) in [6.45, 7) is 6.44. The molecule has 1 saturated heterocycles. The third-order valence-electron chi connectivity index (χ3n) is 5.65. The van der Waals surface area contributed by atoms with Gasteiger partial charge in [0.25, 0.3) is 0 Å². The van der Waals surface area contributed by atoms with Gasteiger partial charge in [0.15, 0.2) is 0 Å². The van der Waals surface area contributed by atoms with Gasteiger partial charge in [-0.05, 0) is 57.8 Å². The number of carboxylic acid groups (broad SMARTS) is 1. The van der Waals surface area contributed by atoms with Crippen LogP contribution in [0.2, 0.25) is 0 Å². The van der Waals surface area contributed by atoms with E-state index in [2.05, 4.69) is 17.1 Å². The van der Waals surface area contributed by atoms with E-state index in [1.54, 1.807) is 0 Å². The number of carboxylic acids is 1. The minimum Gasteiger partial charge on any atom is -0.480 e. The van der Waals surface area contributed by atoms with Gasteiger partial charge in [-0.25, -0.2) is 0 Å². The van der Waals surface area contributed by atoms with Crippen molar-refractivity contribution in [3.63, 3.8) is 0 Å². The molecule has 0 bridgehead atoms. The van der Waals surface area contributed by atoms with Crippen molar-refractivity contribution < 1.29 is 9.90 Å². The molecule has 1 aliphatic heterocycles. The number of nitrogens with zero attached hydrogens (tertiary/aromatic N) is 1. The van der Waals surface area contributed by atoms with Crippen molar-refractivity contribution in [2.75, 3.05) is 13.1 Å². The number of likely N-dealkylation sites (tertiary alicyclic amines) is 1. The van der Waals surface area contributed by atoms with Crippen LogP contribution in [0.4, 0.5) is 0 Å². The molecule has 0 radical (unpaired) electrons. The summed E-state index contributed by atoms with van der Waals surface area (Å²) in [5.41, 5.74) is -0.766. The Morgan fingerprint density at radius 2 is 1.90 bits per heavy atom. The second-order valence-corrected chi connectivity index (χ2v) is 7.51. The average molecular weight is 280 g/mol. The fourth-order valence-corrected chi connectivity index (χ4v) is 4.24. The van der Waals surface area contributed by atoms with Gasteiger partial charge < -0.3 is 10.0 Å². The fraction of sp³-hybridized carbons (Fsp3) is 0.938. The van der Waals surface area contributed by atoms with Gasteiger partial charge in [-0.1, -0.05) is 6.42 Å². The number of fused-ring (bicyclic) bond motifs is 1. The molecule has 2 aliphatic carbocycles. The first-order valence-corrected chi connectivity index (χ1v) is 8.23. The summed E-state index contributed by atoms with van der Waals surface area (Å²) >= 11 is 0. The highest BCUT2D eigenvalue weighted by atomic mass is 16.4. The van der Waals surface area contributed by atoms with E-state index in [-0.39, 0.29) is 0 Å². The highest BCUT2D eigenvalue weighted by Gasteiger charge is 2.43. The number of hydrogen-bond acceptors (Lipinski definition) is 3. The van der Waals surface area contributed by atoms with E-state index in [1.165, 1.54) is 32.4 Å². The Morgan fingerprint density at radius 3 is 2.40 bits per heavy atom. The van der Waals surface area contributed by atoms with E-state index >= 15 is 0 Å². The molecule has 4 unspecified atom stereocenters. The Hall–Kier alpha value is -0.610. The minimum absolute atomic E-state index is 0.355. The molecule has 4 atom stereocenters. The zero-order valence-corrected chi connectivity index (χ0v) is 12.8. The number of carbonyl (C=O) groups is 1. The second kappa shape index (κ2) is 5.30. The molecule has 0 amide bonds. The summed E-state index contributed by atoms with van der Waals surface area (Å²) < 4.78 is 0. The summed E-state index contributed by atoms with van der Waals surface area (Å²) in [4.78, 5) is 14.2. The number of rotatable bonds is 6. The lowest BCUT2D eigenvalue weighted by molar-refractivity contribution is -0.145. The van der Waals surface area contributed by atoms with E-state index < -0.39 is 11.5 Å². The van der Waals surface area contributed by atoms with Crippen molar-refractivity contribution in [3.05, 3.63) is 0 Å². The molecule has 0 aromatic carbocycles. The van der Waals surface area contributed by atoms with E-state index in [1.807, 2.05) is 6.92 Å². The Labute approximate surface area is 121 Å². The van der Waals surface area contributed by atoms with Crippen LogP contribution in [-0.2, 0) is 4.79 Å². The molecule has 2 N–H and O–H groups in total. The minimum atomic E-state index is -0.766. The predicted octanol–water partition coefficient (Wildman–Crippen LogP) is 2.09. The van der Waals surface area contributed by atoms with Gasteiger partial charge in [0.1, 0.15) is 5.54 Å². The summed E-state index contributed by atoms with van der Waals surface area (Å²) in [5, 5.41) is 12.9.